The van der Waals surface area contributed by atoms with Gasteiger partial charge in [-0.25, -0.2) is 0 Å². The minimum atomic E-state index is 0.791. The summed E-state index contributed by atoms with van der Waals surface area (Å²) in [6.45, 7) is 4.29. The Labute approximate surface area is 131 Å². The Morgan fingerprint density at radius 1 is 1.00 bits per heavy atom. The van der Waals surface area contributed by atoms with Crippen LogP contribution in [0.3, 0.4) is 0 Å². The highest BCUT2D eigenvalue weighted by molar-refractivity contribution is 6.30. The van der Waals surface area contributed by atoms with E-state index < -0.39 is 0 Å². The maximum Gasteiger partial charge on any atom is 0.0409 e. The number of rotatable bonds is 5. The zero-order chi connectivity index (χ0) is 14.5. The third-order valence-electron chi connectivity index (χ3n) is 3.98. The van der Waals surface area contributed by atoms with Crippen LogP contribution in [0.15, 0.2) is 48.5 Å². The second-order valence-corrected chi connectivity index (χ2v) is 6.06. The lowest BCUT2D eigenvalue weighted by molar-refractivity contribution is 0.332. The molecule has 2 nitrogen and oxygen atoms in total. The number of benzene rings is 2. The van der Waals surface area contributed by atoms with Crippen LogP contribution in [0.25, 0.3) is 0 Å². The Morgan fingerprint density at radius 2 is 1.81 bits per heavy atom. The minimum absolute atomic E-state index is 0.791. The Balaban J connectivity index is 1.67. The number of nitrogens with one attached hydrogen (secondary N) is 1. The van der Waals surface area contributed by atoms with Gasteiger partial charge in [-0.2, -0.15) is 0 Å². The molecule has 2 aromatic rings. The van der Waals surface area contributed by atoms with Crippen molar-refractivity contribution in [1.29, 1.82) is 0 Å². The van der Waals surface area contributed by atoms with Gasteiger partial charge in [0, 0.05) is 23.8 Å². The first-order chi connectivity index (χ1) is 10.3. The van der Waals surface area contributed by atoms with Crippen LogP contribution in [0, 0.1) is 0 Å². The van der Waals surface area contributed by atoms with Crippen LogP contribution >= 0.6 is 11.6 Å². The van der Waals surface area contributed by atoms with Crippen molar-refractivity contribution < 1.29 is 0 Å². The van der Waals surface area contributed by atoms with E-state index in [2.05, 4.69) is 40.5 Å². The first-order valence-electron chi connectivity index (χ1n) is 7.60. The van der Waals surface area contributed by atoms with Gasteiger partial charge in [-0.15, -0.1) is 0 Å². The fourth-order valence-electron chi connectivity index (χ4n) is 2.86. The highest BCUT2D eigenvalue weighted by Gasteiger charge is 2.13. The van der Waals surface area contributed by atoms with Gasteiger partial charge in [0.25, 0.3) is 0 Å². The summed E-state index contributed by atoms with van der Waals surface area (Å²) in [5.74, 6) is 0. The first kappa shape index (κ1) is 14.4. The first-order valence-corrected chi connectivity index (χ1v) is 7.98. The van der Waals surface area contributed by atoms with Crippen LogP contribution in [0.2, 0.25) is 5.02 Å². The third-order valence-corrected chi connectivity index (χ3v) is 4.22. The van der Waals surface area contributed by atoms with E-state index in [-0.39, 0.29) is 0 Å². The van der Waals surface area contributed by atoms with Crippen LogP contribution in [0.4, 0.5) is 5.69 Å². The Kier molecular flexibility index (Phi) is 4.79. The Hall–Kier alpha value is -1.51. The Bertz CT molecular complexity index is 591. The molecule has 0 aromatic heterocycles. The van der Waals surface area contributed by atoms with Crippen molar-refractivity contribution in [2.75, 3.05) is 18.4 Å². The van der Waals surface area contributed by atoms with Gasteiger partial charge in [0.15, 0.2) is 0 Å². The monoisotopic (exact) mass is 300 g/mol. The lowest BCUT2D eigenvalue weighted by Gasteiger charge is -2.18. The minimum Gasteiger partial charge on any atom is -0.381 e. The van der Waals surface area contributed by atoms with Crippen molar-refractivity contribution in [1.82, 2.24) is 4.90 Å². The van der Waals surface area contributed by atoms with Gasteiger partial charge >= 0.3 is 0 Å². The van der Waals surface area contributed by atoms with Gasteiger partial charge in [0.05, 0.1) is 0 Å². The van der Waals surface area contributed by atoms with Gasteiger partial charge in [-0.05, 0) is 55.3 Å². The van der Waals surface area contributed by atoms with Crippen LogP contribution < -0.4 is 5.32 Å². The summed E-state index contributed by atoms with van der Waals surface area (Å²) in [5.41, 5.74) is 3.81. The molecule has 0 bridgehead atoms. The summed E-state index contributed by atoms with van der Waals surface area (Å²) in [4.78, 5) is 2.53. The summed E-state index contributed by atoms with van der Waals surface area (Å²) in [6.07, 6.45) is 2.66. The maximum absolute atomic E-state index is 6.04. The lowest BCUT2D eigenvalue weighted by atomic mass is 10.1. The highest BCUT2D eigenvalue weighted by atomic mass is 35.5. The van der Waals surface area contributed by atoms with Crippen molar-refractivity contribution in [3.8, 4) is 0 Å². The van der Waals surface area contributed by atoms with Gasteiger partial charge in [0.2, 0.25) is 0 Å². The molecule has 3 rings (SSSR count). The Morgan fingerprint density at radius 3 is 2.62 bits per heavy atom. The van der Waals surface area contributed by atoms with Crippen LogP contribution in [-0.2, 0) is 13.1 Å². The number of para-hydroxylation sites is 1. The van der Waals surface area contributed by atoms with Crippen molar-refractivity contribution in [3.63, 3.8) is 0 Å². The number of nitrogens with zero attached hydrogens (tertiary/aromatic N) is 1. The molecule has 1 N–H and O–H groups in total. The fraction of sp³-hybridized carbons (Fsp3) is 0.333. The number of likely N-dealkylation sites (tertiary alicyclic amines) is 1. The predicted molar refractivity (Wildman–Crippen MR) is 89.7 cm³/mol. The van der Waals surface area contributed by atoms with Crippen molar-refractivity contribution in [2.24, 2.45) is 0 Å². The molecule has 2 aromatic carbocycles. The second kappa shape index (κ2) is 6.97. The number of anilines is 1. The molecule has 3 heteroatoms. The number of hydrogen-bond donors (Lipinski definition) is 1. The van der Waals surface area contributed by atoms with E-state index >= 15 is 0 Å². The number of halogens is 1. The topological polar surface area (TPSA) is 15.3 Å². The van der Waals surface area contributed by atoms with Crippen LogP contribution in [0.1, 0.15) is 24.0 Å². The summed E-state index contributed by atoms with van der Waals surface area (Å²) < 4.78 is 0. The van der Waals surface area contributed by atoms with Crippen molar-refractivity contribution in [3.05, 3.63) is 64.7 Å². The zero-order valence-corrected chi connectivity index (χ0v) is 12.9. The van der Waals surface area contributed by atoms with E-state index in [0.717, 1.165) is 18.1 Å². The van der Waals surface area contributed by atoms with Gasteiger partial charge in [-0.1, -0.05) is 41.9 Å². The molecular weight excluding hydrogens is 280 g/mol. The molecule has 0 amide bonds. The zero-order valence-electron chi connectivity index (χ0n) is 12.2. The molecule has 1 saturated heterocycles. The molecule has 110 valence electrons. The van der Waals surface area contributed by atoms with E-state index in [1.807, 2.05) is 18.2 Å². The van der Waals surface area contributed by atoms with Crippen molar-refractivity contribution >= 4 is 17.3 Å². The average Bonchev–Trinajstić information content (AvgIpc) is 2.99. The van der Waals surface area contributed by atoms with Gasteiger partial charge in [-0.3, -0.25) is 4.90 Å². The molecule has 0 radical (unpaired) electrons. The smallest absolute Gasteiger partial charge is 0.0409 e. The molecule has 1 fully saturated rings. The number of hydrogen-bond acceptors (Lipinski definition) is 2. The molecule has 0 unspecified atom stereocenters. The second-order valence-electron chi connectivity index (χ2n) is 5.62. The predicted octanol–water partition coefficient (Wildman–Crippen LogP) is 4.55. The SMILES string of the molecule is Clc1cccc(CNc2ccccc2CN2CCCC2)c1. The molecule has 0 saturated carbocycles. The highest BCUT2D eigenvalue weighted by Crippen LogP contribution is 2.21. The molecule has 0 aliphatic carbocycles. The summed E-state index contributed by atoms with van der Waals surface area (Å²) in [7, 11) is 0. The van der Waals surface area contributed by atoms with E-state index in [9.17, 15) is 0 Å². The van der Waals surface area contributed by atoms with Crippen LogP contribution in [-0.4, -0.2) is 18.0 Å². The summed E-state index contributed by atoms with van der Waals surface area (Å²) >= 11 is 6.04. The lowest BCUT2D eigenvalue weighted by Crippen LogP contribution is -2.19. The van der Waals surface area contributed by atoms with E-state index in [4.69, 9.17) is 11.6 Å². The molecule has 1 aliphatic heterocycles. The quantitative estimate of drug-likeness (QED) is 0.871. The standard InChI is InChI=1S/C18H21ClN2/c19-17-8-5-6-15(12-17)13-20-18-9-2-1-7-16(18)14-21-10-3-4-11-21/h1-2,5-9,12,20H,3-4,10-11,13-14H2. The van der Waals surface area contributed by atoms with Gasteiger partial charge in [0.1, 0.15) is 0 Å². The maximum atomic E-state index is 6.04. The largest absolute Gasteiger partial charge is 0.381 e. The third kappa shape index (κ3) is 3.99. The molecule has 1 heterocycles. The molecule has 0 spiro atoms. The fourth-order valence-corrected chi connectivity index (χ4v) is 3.07. The van der Waals surface area contributed by atoms with E-state index in [1.165, 1.54) is 42.7 Å². The molecule has 21 heavy (non-hydrogen) atoms. The van der Waals surface area contributed by atoms with E-state index in [0.29, 0.717) is 0 Å². The van der Waals surface area contributed by atoms with E-state index in [1.54, 1.807) is 0 Å². The summed E-state index contributed by atoms with van der Waals surface area (Å²) in [6, 6.07) is 16.6. The molecule has 0 atom stereocenters. The normalized spacial score (nSPS) is 15.3. The molecular formula is C18H21ClN2. The average molecular weight is 301 g/mol. The molecule has 1 aliphatic rings. The summed E-state index contributed by atoms with van der Waals surface area (Å²) in [5, 5.41) is 4.34. The van der Waals surface area contributed by atoms with Gasteiger partial charge < -0.3 is 5.32 Å². The van der Waals surface area contributed by atoms with Crippen molar-refractivity contribution in [2.45, 2.75) is 25.9 Å². The van der Waals surface area contributed by atoms with Crippen LogP contribution in [0.5, 0.6) is 0 Å².